The Hall–Kier alpha value is -3.20. The van der Waals surface area contributed by atoms with Crippen LogP contribution in [0.15, 0.2) is 52.4 Å². The maximum absolute atomic E-state index is 14.1. The number of aryl methyl sites for hydroxylation is 1. The van der Waals surface area contributed by atoms with Crippen LogP contribution in [0.3, 0.4) is 0 Å². The summed E-state index contributed by atoms with van der Waals surface area (Å²) in [6.07, 6.45) is 0. The monoisotopic (exact) mass is 400 g/mol. The van der Waals surface area contributed by atoms with Crippen molar-refractivity contribution in [1.82, 2.24) is 20.2 Å². The van der Waals surface area contributed by atoms with Gasteiger partial charge in [0.15, 0.2) is 5.16 Å². The van der Waals surface area contributed by atoms with E-state index in [1.54, 1.807) is 43.3 Å². The summed E-state index contributed by atoms with van der Waals surface area (Å²) in [7, 11) is 1.39. The number of halogens is 1. The maximum atomic E-state index is 14.1. The summed E-state index contributed by atoms with van der Waals surface area (Å²) in [6.45, 7) is 1.62. The molecule has 2 N–H and O–H groups in total. The first-order valence-corrected chi connectivity index (χ1v) is 9.32. The lowest BCUT2D eigenvalue weighted by Crippen LogP contribution is -2.38. The zero-order valence-corrected chi connectivity index (χ0v) is 16.0. The number of urea groups is 1. The molecule has 0 unspecified atom stereocenters. The minimum Gasteiger partial charge on any atom is -0.341 e. The van der Waals surface area contributed by atoms with Crippen molar-refractivity contribution < 1.29 is 14.0 Å². The molecule has 0 radical (unpaired) electrons. The molecule has 1 aromatic heterocycles. The number of carbonyl (C=O) groups is 2. The van der Waals surface area contributed by atoms with Gasteiger partial charge in [-0.05, 0) is 36.8 Å². The lowest BCUT2D eigenvalue weighted by Gasteiger charge is -2.13. The van der Waals surface area contributed by atoms with E-state index in [0.29, 0.717) is 22.2 Å². The first-order chi connectivity index (χ1) is 13.4. The number of nitrogens with zero attached hydrogens (tertiary/aromatic N) is 2. The first-order valence-electron chi connectivity index (χ1n) is 8.33. The number of thioether (sulfide) groups is 1. The van der Waals surface area contributed by atoms with Crippen LogP contribution in [-0.2, 0) is 4.79 Å². The molecule has 3 rings (SSSR count). The quantitative estimate of drug-likeness (QED) is 0.518. The van der Waals surface area contributed by atoms with Gasteiger partial charge in [-0.1, -0.05) is 30.0 Å². The number of hydrogen-bond donors (Lipinski definition) is 2. The average molecular weight is 400 g/mol. The van der Waals surface area contributed by atoms with Crippen molar-refractivity contribution >= 4 is 34.6 Å². The Labute approximate surface area is 164 Å². The van der Waals surface area contributed by atoms with E-state index < -0.39 is 17.8 Å². The van der Waals surface area contributed by atoms with Gasteiger partial charge in [0.1, 0.15) is 5.82 Å². The number of hydrogen-bond acceptors (Lipinski definition) is 5. The predicted octanol–water partition coefficient (Wildman–Crippen LogP) is 2.38. The number of benzene rings is 2. The summed E-state index contributed by atoms with van der Waals surface area (Å²) in [5.41, 5.74) is 0.846. The molecule has 0 aliphatic rings. The Morgan fingerprint density at radius 3 is 2.68 bits per heavy atom. The zero-order chi connectivity index (χ0) is 20.3. The molecule has 0 saturated heterocycles. The van der Waals surface area contributed by atoms with Crippen molar-refractivity contribution in [3.05, 3.63) is 64.2 Å². The van der Waals surface area contributed by atoms with Crippen molar-refractivity contribution in [3.8, 4) is 5.69 Å². The highest BCUT2D eigenvalue weighted by Gasteiger charge is 2.16. The molecular weight excluding hydrogens is 383 g/mol. The van der Waals surface area contributed by atoms with Gasteiger partial charge in [-0.2, -0.15) is 0 Å². The number of rotatable bonds is 4. The fourth-order valence-corrected chi connectivity index (χ4v) is 3.33. The second-order valence-corrected chi connectivity index (χ2v) is 6.84. The fraction of sp³-hybridized carbons (Fsp3) is 0.158. The molecule has 0 atom stereocenters. The molecule has 2 aromatic carbocycles. The predicted molar refractivity (Wildman–Crippen MR) is 105 cm³/mol. The second-order valence-electron chi connectivity index (χ2n) is 5.90. The van der Waals surface area contributed by atoms with E-state index in [4.69, 9.17) is 0 Å². The molecule has 0 bridgehead atoms. The van der Waals surface area contributed by atoms with Gasteiger partial charge in [-0.15, -0.1) is 0 Å². The third-order valence-corrected chi connectivity index (χ3v) is 4.91. The molecule has 3 aromatic rings. The highest BCUT2D eigenvalue weighted by molar-refractivity contribution is 7.99. The molecule has 0 saturated carbocycles. The number of imide groups is 1. The number of aromatic nitrogens is 2. The van der Waals surface area contributed by atoms with Gasteiger partial charge < -0.3 is 5.32 Å². The van der Waals surface area contributed by atoms with E-state index in [0.717, 1.165) is 11.8 Å². The number of para-hydroxylation sites is 1. The Bertz CT molecular complexity index is 1130. The molecule has 0 spiro atoms. The van der Waals surface area contributed by atoms with Crippen LogP contribution >= 0.6 is 11.8 Å². The highest BCUT2D eigenvalue weighted by Crippen LogP contribution is 2.22. The lowest BCUT2D eigenvalue weighted by molar-refractivity contribution is -0.117. The summed E-state index contributed by atoms with van der Waals surface area (Å²) in [5.74, 6) is -1.15. The molecule has 9 heteroatoms. The van der Waals surface area contributed by atoms with E-state index in [1.165, 1.54) is 17.7 Å². The molecule has 1 heterocycles. The van der Waals surface area contributed by atoms with Gasteiger partial charge in [0, 0.05) is 7.05 Å². The van der Waals surface area contributed by atoms with E-state index in [1.807, 2.05) is 0 Å². The smallest absolute Gasteiger partial charge is 0.321 e. The Balaban J connectivity index is 2.07. The van der Waals surface area contributed by atoms with Crippen molar-refractivity contribution in [2.75, 3.05) is 12.8 Å². The van der Waals surface area contributed by atoms with Crippen LogP contribution in [0.5, 0.6) is 0 Å². The van der Waals surface area contributed by atoms with E-state index in [-0.39, 0.29) is 16.5 Å². The van der Waals surface area contributed by atoms with Crippen LogP contribution < -0.4 is 16.2 Å². The number of fused-ring (bicyclic) bond motifs is 1. The van der Waals surface area contributed by atoms with Crippen LogP contribution in [-0.4, -0.2) is 34.3 Å². The number of carbonyl (C=O) groups excluding carboxylic acids is 2. The normalized spacial score (nSPS) is 10.7. The molecular formula is C19H17FN4O3S. The summed E-state index contributed by atoms with van der Waals surface area (Å²) in [4.78, 5) is 40.7. The van der Waals surface area contributed by atoms with Crippen molar-refractivity contribution in [1.29, 1.82) is 0 Å². The van der Waals surface area contributed by atoms with Crippen LogP contribution in [0.1, 0.15) is 5.56 Å². The topological polar surface area (TPSA) is 93.1 Å². The van der Waals surface area contributed by atoms with E-state index in [2.05, 4.69) is 15.6 Å². The standard InChI is InChI=1S/C19H17FN4O3S/c1-11-7-8-12(9-14(11)20)24-17(26)13-5-3-4-6-15(13)22-19(24)28-10-16(25)23-18(27)21-2/h3-9H,10H2,1-2H3,(H2,21,23,25,27). The van der Waals surface area contributed by atoms with Gasteiger partial charge >= 0.3 is 6.03 Å². The van der Waals surface area contributed by atoms with Crippen LogP contribution in [0, 0.1) is 12.7 Å². The molecule has 28 heavy (non-hydrogen) atoms. The van der Waals surface area contributed by atoms with E-state index in [9.17, 15) is 18.8 Å². The maximum Gasteiger partial charge on any atom is 0.321 e. The second kappa shape index (κ2) is 8.22. The van der Waals surface area contributed by atoms with Crippen LogP contribution in [0.2, 0.25) is 0 Å². The van der Waals surface area contributed by atoms with Gasteiger partial charge in [0.2, 0.25) is 5.91 Å². The lowest BCUT2D eigenvalue weighted by atomic mass is 10.2. The molecule has 144 valence electrons. The summed E-state index contributed by atoms with van der Waals surface area (Å²) in [6, 6.07) is 10.6. The summed E-state index contributed by atoms with van der Waals surface area (Å²) >= 11 is 0.979. The zero-order valence-electron chi connectivity index (χ0n) is 15.2. The molecule has 0 fully saturated rings. The average Bonchev–Trinajstić information content (AvgIpc) is 2.68. The highest BCUT2D eigenvalue weighted by atomic mass is 32.2. The molecule has 0 aliphatic heterocycles. The van der Waals surface area contributed by atoms with Crippen molar-refractivity contribution in [2.24, 2.45) is 0 Å². The summed E-state index contributed by atoms with van der Waals surface area (Å²) in [5, 5.41) is 5.02. The van der Waals surface area contributed by atoms with Crippen LogP contribution in [0.25, 0.3) is 16.6 Å². The first kappa shape index (κ1) is 19.6. The molecule has 3 amide bonds. The van der Waals surface area contributed by atoms with Gasteiger partial charge in [0.05, 0.1) is 22.3 Å². The fourth-order valence-electron chi connectivity index (χ4n) is 2.51. The largest absolute Gasteiger partial charge is 0.341 e. The van der Waals surface area contributed by atoms with E-state index >= 15 is 0 Å². The van der Waals surface area contributed by atoms with Gasteiger partial charge in [-0.3, -0.25) is 19.5 Å². The Morgan fingerprint density at radius 2 is 1.96 bits per heavy atom. The van der Waals surface area contributed by atoms with Crippen molar-refractivity contribution in [3.63, 3.8) is 0 Å². The van der Waals surface area contributed by atoms with Crippen LogP contribution in [0.4, 0.5) is 9.18 Å². The van der Waals surface area contributed by atoms with Gasteiger partial charge in [-0.25, -0.2) is 14.2 Å². The molecule has 7 nitrogen and oxygen atoms in total. The number of nitrogens with one attached hydrogen (secondary N) is 2. The van der Waals surface area contributed by atoms with Gasteiger partial charge in [0.25, 0.3) is 5.56 Å². The third kappa shape index (κ3) is 4.04. The Morgan fingerprint density at radius 1 is 1.21 bits per heavy atom. The third-order valence-electron chi connectivity index (χ3n) is 3.97. The Kier molecular flexibility index (Phi) is 5.74. The SMILES string of the molecule is CNC(=O)NC(=O)CSc1nc2ccccc2c(=O)n1-c1ccc(C)c(F)c1. The minimum atomic E-state index is -0.630. The molecule has 0 aliphatic carbocycles. The summed E-state index contributed by atoms with van der Waals surface area (Å²) < 4.78 is 15.4. The minimum absolute atomic E-state index is 0.146. The number of amides is 3. The van der Waals surface area contributed by atoms with Crippen molar-refractivity contribution in [2.45, 2.75) is 12.1 Å².